The minimum Gasteiger partial charge on any atom is -0.756 e. The topological polar surface area (TPSA) is 114 Å². The Morgan fingerprint density at radius 2 is 0.985 bits per heavy atom. The van der Waals surface area contributed by atoms with Crippen LogP contribution in [0.2, 0.25) is 0 Å². The number of amides is 1. The van der Waals surface area contributed by atoms with Gasteiger partial charge in [0.2, 0.25) is 5.91 Å². The van der Waals surface area contributed by atoms with E-state index in [1.807, 2.05) is 33.3 Å². The highest BCUT2D eigenvalue weighted by molar-refractivity contribution is 7.45. The van der Waals surface area contributed by atoms with Gasteiger partial charge in [-0.05, 0) is 83.1 Å². The van der Waals surface area contributed by atoms with E-state index in [2.05, 4.69) is 74.7 Å². The Morgan fingerprint density at radius 1 is 0.544 bits per heavy atom. The summed E-state index contributed by atoms with van der Waals surface area (Å²) in [5, 5.41) is 3.00. The third kappa shape index (κ3) is 48.7. The highest BCUT2D eigenvalue weighted by atomic mass is 31.2. The number of quaternary nitrogens is 1. The molecule has 0 aromatic heterocycles. The number of hydrogen-bond acceptors (Lipinski definition) is 7. The van der Waals surface area contributed by atoms with E-state index < -0.39 is 26.6 Å². The monoisotopic (exact) mass is 975 g/mol. The molecule has 0 rings (SSSR count). The summed E-state index contributed by atoms with van der Waals surface area (Å²) >= 11 is 0. The third-order valence-corrected chi connectivity index (χ3v) is 13.2. The zero-order valence-corrected chi connectivity index (χ0v) is 45.9. The number of hydrogen-bond donors (Lipinski definition) is 1. The van der Waals surface area contributed by atoms with Crippen LogP contribution >= 0.6 is 7.82 Å². The number of nitrogens with one attached hydrogen (secondary N) is 1. The average Bonchev–Trinajstić information content (AvgIpc) is 3.29. The first-order valence-electron chi connectivity index (χ1n) is 28.1. The first kappa shape index (κ1) is 65.7. The summed E-state index contributed by atoms with van der Waals surface area (Å²) in [5.41, 5.74) is 0. The lowest BCUT2D eigenvalue weighted by atomic mass is 10.0. The lowest BCUT2D eigenvalue weighted by molar-refractivity contribution is -0.870. The first-order chi connectivity index (χ1) is 32.9. The molecule has 68 heavy (non-hydrogen) atoms. The second-order valence-electron chi connectivity index (χ2n) is 20.1. The molecule has 0 aliphatic rings. The maximum Gasteiger partial charge on any atom is 0.306 e. The minimum absolute atomic E-state index is 0.0300. The van der Waals surface area contributed by atoms with E-state index in [9.17, 15) is 19.0 Å². The van der Waals surface area contributed by atoms with E-state index in [0.717, 1.165) is 89.9 Å². The molecular weight excluding hydrogens is 868 g/mol. The number of nitrogens with zero attached hydrogens (tertiary/aromatic N) is 1. The Kier molecular flexibility index (Phi) is 46.7. The molecule has 0 bridgehead atoms. The molecule has 0 heterocycles. The zero-order chi connectivity index (χ0) is 50.1. The molecule has 10 heteroatoms. The molecule has 0 radical (unpaired) electrons. The molecule has 3 atom stereocenters. The normalized spacial score (nSPS) is 14.3. The number of esters is 1. The van der Waals surface area contributed by atoms with Gasteiger partial charge < -0.3 is 28.5 Å². The van der Waals surface area contributed by atoms with Crippen molar-refractivity contribution in [1.82, 2.24) is 5.32 Å². The fourth-order valence-electron chi connectivity index (χ4n) is 7.84. The van der Waals surface area contributed by atoms with Crippen LogP contribution in [0.25, 0.3) is 0 Å². The lowest BCUT2D eigenvalue weighted by Gasteiger charge is -2.30. The molecule has 0 aromatic carbocycles. The van der Waals surface area contributed by atoms with Gasteiger partial charge >= 0.3 is 5.97 Å². The molecule has 1 N–H and O–H groups in total. The van der Waals surface area contributed by atoms with Crippen LogP contribution in [0.5, 0.6) is 0 Å². The molecule has 0 saturated carbocycles. The molecule has 0 aliphatic carbocycles. The fraction of sp³-hybridized carbons (Fsp3) is 0.793. The van der Waals surface area contributed by atoms with Gasteiger partial charge in [-0.2, -0.15) is 0 Å². The summed E-state index contributed by atoms with van der Waals surface area (Å²) < 4.78 is 30.2. The molecule has 0 aliphatic heterocycles. The van der Waals surface area contributed by atoms with Crippen molar-refractivity contribution in [3.63, 3.8) is 0 Å². The number of unbranched alkanes of at least 4 members (excludes halogenated alkanes) is 27. The maximum absolute atomic E-state index is 13.5. The van der Waals surface area contributed by atoms with Crippen LogP contribution in [0.4, 0.5) is 0 Å². The molecule has 1 amide bonds. The average molecular weight is 975 g/mol. The number of carbonyl (C=O) groups is 2. The second-order valence-corrected chi connectivity index (χ2v) is 21.5. The predicted molar refractivity (Wildman–Crippen MR) is 289 cm³/mol. The summed E-state index contributed by atoms with van der Waals surface area (Å²) in [5.74, 6) is -0.581. The molecule has 3 unspecified atom stereocenters. The maximum atomic E-state index is 13.5. The van der Waals surface area contributed by atoms with E-state index in [1.54, 1.807) is 0 Å². The Labute approximate surface area is 420 Å². The third-order valence-electron chi connectivity index (χ3n) is 12.2. The van der Waals surface area contributed by atoms with Gasteiger partial charge in [0.15, 0.2) is 0 Å². The molecule has 396 valence electrons. The van der Waals surface area contributed by atoms with Gasteiger partial charge in [0.05, 0.1) is 33.8 Å². The number of likely N-dealkylation sites (N-methyl/N-ethyl adjacent to an activating group) is 1. The van der Waals surface area contributed by atoms with Crippen LogP contribution in [0.1, 0.15) is 245 Å². The molecular formula is C58H107N2O7P. The van der Waals surface area contributed by atoms with Gasteiger partial charge in [0.1, 0.15) is 19.3 Å². The van der Waals surface area contributed by atoms with Crippen LogP contribution < -0.4 is 10.2 Å². The number of carbonyl (C=O) groups excluding carboxylic acids is 2. The Hall–Kier alpha value is -2.29. The number of phosphoric acid groups is 1. The van der Waals surface area contributed by atoms with E-state index in [4.69, 9.17) is 13.8 Å². The molecule has 9 nitrogen and oxygen atoms in total. The summed E-state index contributed by atoms with van der Waals surface area (Å²) in [6.07, 6.45) is 59.0. The van der Waals surface area contributed by atoms with Gasteiger partial charge in [-0.25, -0.2) is 0 Å². The first-order valence-corrected chi connectivity index (χ1v) is 29.6. The molecule has 0 spiro atoms. The van der Waals surface area contributed by atoms with Crippen molar-refractivity contribution < 1.29 is 37.3 Å². The van der Waals surface area contributed by atoms with Gasteiger partial charge in [-0.3, -0.25) is 14.2 Å². The van der Waals surface area contributed by atoms with Crippen LogP contribution in [0.3, 0.4) is 0 Å². The van der Waals surface area contributed by atoms with Crippen molar-refractivity contribution in [3.8, 4) is 0 Å². The summed E-state index contributed by atoms with van der Waals surface area (Å²) in [7, 11) is 1.16. The minimum atomic E-state index is -4.70. The Morgan fingerprint density at radius 3 is 1.50 bits per heavy atom. The number of ether oxygens (including phenoxy) is 1. The second kappa shape index (κ2) is 48.3. The van der Waals surface area contributed by atoms with Crippen LogP contribution in [0, 0.1) is 0 Å². The van der Waals surface area contributed by atoms with Gasteiger partial charge in [-0.1, -0.05) is 210 Å². The van der Waals surface area contributed by atoms with E-state index in [0.29, 0.717) is 17.4 Å². The lowest BCUT2D eigenvalue weighted by Crippen LogP contribution is -2.47. The molecule has 0 aromatic rings. The van der Waals surface area contributed by atoms with Crippen LogP contribution in [0.15, 0.2) is 60.8 Å². The van der Waals surface area contributed by atoms with Crippen LogP contribution in [-0.2, 0) is 27.9 Å². The largest absolute Gasteiger partial charge is 0.756 e. The number of phosphoric ester groups is 1. The van der Waals surface area contributed by atoms with Gasteiger partial charge in [-0.15, -0.1) is 0 Å². The van der Waals surface area contributed by atoms with Crippen molar-refractivity contribution >= 4 is 19.7 Å². The SMILES string of the molecule is CC/C=C/C/C=C/CCCCCCCCCC(=O)OC(/C=C/CCCCCCCCCCCC)C(COP(=O)([O-])OCC[N+](C)(C)C)NC(=O)CCCCC/C=C/C=C/CCCCCCCCC. The Balaban J connectivity index is 5.42. The Bertz CT molecular complexity index is 1350. The standard InChI is InChI=1S/C58H107N2O7P/c1-7-10-13-16-19-22-25-28-30-31-32-35-38-41-44-47-50-57(61)59-55(54-66-68(63,64)65-53-52-60(4,5)6)56(49-46-43-40-37-34-27-24-21-18-15-12-9-3)67-58(62)51-48-45-42-39-36-33-29-26-23-20-17-14-11-8-2/h11,14,20,23,30-32,35,46,49,55-56H,7-10,12-13,15-19,21-22,24-29,33-34,36-45,47-48,50-54H2,1-6H3,(H-,59,61,63,64)/b14-11+,23-20+,31-30+,35-32+,49-46+. The number of rotatable bonds is 50. The van der Waals surface area contributed by atoms with E-state index in [-0.39, 0.29) is 31.3 Å². The zero-order valence-electron chi connectivity index (χ0n) is 45.1. The van der Waals surface area contributed by atoms with Crippen molar-refractivity contribution in [3.05, 3.63) is 60.8 Å². The van der Waals surface area contributed by atoms with Gasteiger partial charge in [0, 0.05) is 12.8 Å². The van der Waals surface area contributed by atoms with Crippen molar-refractivity contribution in [2.45, 2.75) is 258 Å². The van der Waals surface area contributed by atoms with E-state index >= 15 is 0 Å². The highest BCUT2D eigenvalue weighted by Gasteiger charge is 2.27. The quantitative estimate of drug-likeness (QED) is 0.0161. The highest BCUT2D eigenvalue weighted by Crippen LogP contribution is 2.38. The summed E-state index contributed by atoms with van der Waals surface area (Å²) in [4.78, 5) is 39.8. The summed E-state index contributed by atoms with van der Waals surface area (Å²) in [6.45, 7) is 6.70. The fourth-order valence-corrected chi connectivity index (χ4v) is 8.57. The van der Waals surface area contributed by atoms with Crippen LogP contribution in [-0.4, -0.2) is 69.4 Å². The van der Waals surface area contributed by atoms with Crippen molar-refractivity contribution in [1.29, 1.82) is 0 Å². The van der Waals surface area contributed by atoms with Crippen molar-refractivity contribution in [2.75, 3.05) is 40.9 Å². The smallest absolute Gasteiger partial charge is 0.306 e. The van der Waals surface area contributed by atoms with E-state index in [1.165, 1.54) is 116 Å². The molecule has 0 saturated heterocycles. The number of allylic oxidation sites excluding steroid dienone is 9. The molecule has 0 fully saturated rings. The van der Waals surface area contributed by atoms with Gasteiger partial charge in [0.25, 0.3) is 7.82 Å². The van der Waals surface area contributed by atoms with Crippen molar-refractivity contribution in [2.24, 2.45) is 0 Å². The predicted octanol–water partition coefficient (Wildman–Crippen LogP) is 16.1. The summed E-state index contributed by atoms with van der Waals surface area (Å²) in [6, 6.07) is -0.905.